The van der Waals surface area contributed by atoms with Crippen molar-refractivity contribution >= 4 is 6.03 Å². The third-order valence-corrected chi connectivity index (χ3v) is 3.24. The number of hydrogen-bond acceptors (Lipinski definition) is 2. The van der Waals surface area contributed by atoms with E-state index < -0.39 is 0 Å². The highest BCUT2D eigenvalue weighted by atomic mass is 16.2. The smallest absolute Gasteiger partial charge is 0.320 e. The fourth-order valence-electron chi connectivity index (χ4n) is 2.28. The van der Waals surface area contributed by atoms with Gasteiger partial charge in [0, 0.05) is 32.2 Å². The van der Waals surface area contributed by atoms with Gasteiger partial charge in [0.1, 0.15) is 0 Å². The highest BCUT2D eigenvalue weighted by molar-refractivity contribution is 5.75. The number of rotatable bonds is 1. The van der Waals surface area contributed by atoms with Crippen molar-refractivity contribution in [3.63, 3.8) is 0 Å². The second kappa shape index (κ2) is 4.17. The average molecular weight is 197 g/mol. The normalized spacial score (nSPS) is 27.4. The topological polar surface area (TPSA) is 35.6 Å². The standard InChI is InChI=1S/C10H19N3O/c1-11-9-4-7-13(8-9)10(14)12-5-2-3-6-12/h9,11H,2-8H2,1H3/t9-/m1/s1. The van der Waals surface area contributed by atoms with Crippen LogP contribution >= 0.6 is 0 Å². The van der Waals surface area contributed by atoms with Gasteiger partial charge >= 0.3 is 6.03 Å². The molecule has 0 aromatic rings. The van der Waals surface area contributed by atoms with Gasteiger partial charge in [-0.25, -0.2) is 4.79 Å². The summed E-state index contributed by atoms with van der Waals surface area (Å²) >= 11 is 0. The number of urea groups is 1. The molecule has 2 fully saturated rings. The van der Waals surface area contributed by atoms with Crippen LogP contribution in [0.15, 0.2) is 0 Å². The first-order valence-corrected chi connectivity index (χ1v) is 5.52. The van der Waals surface area contributed by atoms with Crippen molar-refractivity contribution in [2.45, 2.75) is 25.3 Å². The Morgan fingerprint density at radius 2 is 1.93 bits per heavy atom. The maximum atomic E-state index is 11.9. The summed E-state index contributed by atoms with van der Waals surface area (Å²) in [6, 6.07) is 0.752. The number of nitrogens with one attached hydrogen (secondary N) is 1. The molecule has 0 unspecified atom stereocenters. The lowest BCUT2D eigenvalue weighted by molar-refractivity contribution is 0.172. The summed E-state index contributed by atoms with van der Waals surface area (Å²) < 4.78 is 0. The molecule has 2 saturated heterocycles. The van der Waals surface area contributed by atoms with Crippen LogP contribution in [0.4, 0.5) is 4.79 Å². The largest absolute Gasteiger partial charge is 0.325 e. The Morgan fingerprint density at radius 3 is 2.50 bits per heavy atom. The van der Waals surface area contributed by atoms with Crippen LogP contribution in [0, 0.1) is 0 Å². The Morgan fingerprint density at radius 1 is 1.21 bits per heavy atom. The lowest BCUT2D eigenvalue weighted by Crippen LogP contribution is -2.41. The maximum Gasteiger partial charge on any atom is 0.320 e. The van der Waals surface area contributed by atoms with E-state index in [9.17, 15) is 4.79 Å². The number of nitrogens with zero attached hydrogens (tertiary/aromatic N) is 2. The minimum Gasteiger partial charge on any atom is -0.325 e. The van der Waals surface area contributed by atoms with Crippen LogP contribution in [-0.2, 0) is 0 Å². The zero-order chi connectivity index (χ0) is 9.97. The molecule has 0 radical (unpaired) electrons. The van der Waals surface area contributed by atoms with Crippen molar-refractivity contribution in [3.8, 4) is 0 Å². The SMILES string of the molecule is CN[C@@H]1CCN(C(=O)N2CCCC2)C1. The molecule has 4 heteroatoms. The summed E-state index contributed by atoms with van der Waals surface area (Å²) in [7, 11) is 1.97. The van der Waals surface area contributed by atoms with E-state index in [2.05, 4.69) is 5.32 Å². The van der Waals surface area contributed by atoms with Gasteiger partial charge in [-0.15, -0.1) is 0 Å². The molecule has 0 spiro atoms. The Hall–Kier alpha value is -0.770. The molecule has 0 aliphatic carbocycles. The molecule has 0 bridgehead atoms. The van der Waals surface area contributed by atoms with Crippen LogP contribution in [0.3, 0.4) is 0 Å². The van der Waals surface area contributed by atoms with Crippen LogP contribution in [0.2, 0.25) is 0 Å². The van der Waals surface area contributed by atoms with Crippen molar-refractivity contribution in [2.75, 3.05) is 33.2 Å². The first-order chi connectivity index (χ1) is 6.81. The lowest BCUT2D eigenvalue weighted by atomic mass is 10.3. The zero-order valence-electron chi connectivity index (χ0n) is 8.83. The number of hydrogen-bond donors (Lipinski definition) is 1. The van der Waals surface area contributed by atoms with E-state index in [0.717, 1.165) is 32.6 Å². The molecule has 2 amide bonds. The van der Waals surface area contributed by atoms with Gasteiger partial charge < -0.3 is 15.1 Å². The summed E-state index contributed by atoms with van der Waals surface area (Å²) in [5.74, 6) is 0. The molecule has 14 heavy (non-hydrogen) atoms. The average Bonchev–Trinajstić information content (AvgIpc) is 2.88. The Bertz CT molecular complexity index is 213. The van der Waals surface area contributed by atoms with Gasteiger partial charge in [-0.3, -0.25) is 0 Å². The summed E-state index contributed by atoms with van der Waals surface area (Å²) in [5.41, 5.74) is 0. The molecular formula is C10H19N3O. The maximum absolute atomic E-state index is 11.9. The number of likely N-dealkylation sites (N-methyl/N-ethyl adjacent to an activating group) is 1. The molecule has 2 rings (SSSR count). The van der Waals surface area contributed by atoms with Gasteiger partial charge in [0.25, 0.3) is 0 Å². The van der Waals surface area contributed by atoms with Gasteiger partial charge in [-0.2, -0.15) is 0 Å². The van der Waals surface area contributed by atoms with E-state index in [1.807, 2.05) is 16.8 Å². The molecular weight excluding hydrogens is 178 g/mol. The highest BCUT2D eigenvalue weighted by Gasteiger charge is 2.29. The summed E-state index contributed by atoms with van der Waals surface area (Å²) in [4.78, 5) is 15.9. The number of carbonyl (C=O) groups excluding carboxylic acids is 1. The predicted octanol–water partition coefficient (Wildman–Crippen LogP) is 0.496. The first kappa shape index (κ1) is 9.77. The molecule has 1 N–H and O–H groups in total. The lowest BCUT2D eigenvalue weighted by Gasteiger charge is -2.23. The predicted molar refractivity (Wildman–Crippen MR) is 55.2 cm³/mol. The third-order valence-electron chi connectivity index (χ3n) is 3.24. The minimum atomic E-state index is 0.250. The van der Waals surface area contributed by atoms with Crippen molar-refractivity contribution in [1.82, 2.24) is 15.1 Å². The third kappa shape index (κ3) is 1.85. The zero-order valence-corrected chi connectivity index (χ0v) is 8.83. The van der Waals surface area contributed by atoms with Gasteiger partial charge in [-0.1, -0.05) is 0 Å². The molecule has 0 saturated carbocycles. The van der Waals surface area contributed by atoms with E-state index >= 15 is 0 Å². The quantitative estimate of drug-likeness (QED) is 0.664. The van der Waals surface area contributed by atoms with Gasteiger partial charge in [0.2, 0.25) is 0 Å². The summed E-state index contributed by atoms with van der Waals surface area (Å²) in [5, 5.41) is 3.23. The second-order valence-corrected chi connectivity index (χ2v) is 4.20. The monoisotopic (exact) mass is 197 g/mol. The first-order valence-electron chi connectivity index (χ1n) is 5.52. The Labute approximate surface area is 85.2 Å². The Kier molecular flexibility index (Phi) is 2.91. The fraction of sp³-hybridized carbons (Fsp3) is 0.900. The van der Waals surface area contributed by atoms with Crippen LogP contribution < -0.4 is 5.32 Å². The van der Waals surface area contributed by atoms with Crippen LogP contribution in [-0.4, -0.2) is 55.1 Å². The highest BCUT2D eigenvalue weighted by Crippen LogP contribution is 2.15. The summed E-state index contributed by atoms with van der Waals surface area (Å²) in [6.07, 6.45) is 3.44. The minimum absolute atomic E-state index is 0.250. The molecule has 4 nitrogen and oxygen atoms in total. The van der Waals surface area contributed by atoms with Crippen molar-refractivity contribution < 1.29 is 4.79 Å². The number of carbonyl (C=O) groups is 1. The van der Waals surface area contributed by atoms with Crippen LogP contribution in [0.5, 0.6) is 0 Å². The van der Waals surface area contributed by atoms with E-state index in [1.54, 1.807) is 0 Å². The van der Waals surface area contributed by atoms with E-state index in [0.29, 0.717) is 6.04 Å². The molecule has 1 atom stereocenters. The Balaban J connectivity index is 1.86. The molecule has 2 aliphatic rings. The number of likely N-dealkylation sites (tertiary alicyclic amines) is 2. The van der Waals surface area contributed by atoms with Gasteiger partial charge in [-0.05, 0) is 26.3 Å². The molecule has 2 heterocycles. The number of amides is 2. The van der Waals surface area contributed by atoms with Crippen LogP contribution in [0.1, 0.15) is 19.3 Å². The van der Waals surface area contributed by atoms with E-state index in [-0.39, 0.29) is 6.03 Å². The molecule has 80 valence electrons. The summed E-state index contributed by atoms with van der Waals surface area (Å²) in [6.45, 7) is 3.71. The van der Waals surface area contributed by atoms with E-state index in [4.69, 9.17) is 0 Å². The second-order valence-electron chi connectivity index (χ2n) is 4.20. The fourth-order valence-corrected chi connectivity index (χ4v) is 2.28. The molecule has 2 aliphatic heterocycles. The van der Waals surface area contributed by atoms with Gasteiger partial charge in [0.05, 0.1) is 0 Å². The van der Waals surface area contributed by atoms with Crippen LogP contribution in [0.25, 0.3) is 0 Å². The molecule has 0 aromatic heterocycles. The van der Waals surface area contributed by atoms with Crippen molar-refractivity contribution in [2.24, 2.45) is 0 Å². The van der Waals surface area contributed by atoms with Crippen molar-refractivity contribution in [1.29, 1.82) is 0 Å². The van der Waals surface area contributed by atoms with E-state index in [1.165, 1.54) is 12.8 Å². The van der Waals surface area contributed by atoms with Crippen molar-refractivity contribution in [3.05, 3.63) is 0 Å². The molecule has 0 aromatic carbocycles. The van der Waals surface area contributed by atoms with Gasteiger partial charge in [0.15, 0.2) is 0 Å².